The third-order valence-corrected chi connectivity index (χ3v) is 7.54. The van der Waals surface area contributed by atoms with Crippen molar-refractivity contribution in [3.8, 4) is 11.8 Å². The Morgan fingerprint density at radius 1 is 1.28 bits per heavy atom. The van der Waals surface area contributed by atoms with E-state index in [2.05, 4.69) is 20.9 Å². The van der Waals surface area contributed by atoms with Crippen LogP contribution in [-0.2, 0) is 14.4 Å². The molecule has 3 aliphatic rings. The normalized spacial score (nSPS) is 28.1. The lowest BCUT2D eigenvalue weighted by Crippen LogP contribution is -2.65. The number of hydrogen-bond acceptors (Lipinski definition) is 7. The van der Waals surface area contributed by atoms with E-state index in [-0.39, 0.29) is 24.5 Å². The molecule has 0 radical (unpaired) electrons. The van der Waals surface area contributed by atoms with Crippen LogP contribution in [0.15, 0.2) is 24.3 Å². The number of amides is 4. The van der Waals surface area contributed by atoms with Gasteiger partial charge in [0.05, 0.1) is 25.0 Å². The SMILES string of the molecule is COc1cccc2[nH]c(C(=O)NC(CC3CC3)C(=O)NC3(C#N)CC[C@@H]4C(=O)NC(=O)[C@@H]4[C@@H]3O)cc12. The molecule has 2 saturated carbocycles. The first-order valence-corrected chi connectivity index (χ1v) is 12.0. The zero-order valence-corrected chi connectivity index (χ0v) is 19.7. The van der Waals surface area contributed by atoms with E-state index in [1.807, 2.05) is 6.07 Å². The molecule has 0 bridgehead atoms. The Morgan fingerprint density at radius 2 is 2.06 bits per heavy atom. The van der Waals surface area contributed by atoms with E-state index in [4.69, 9.17) is 4.74 Å². The van der Waals surface area contributed by atoms with Gasteiger partial charge in [-0.3, -0.25) is 24.5 Å². The maximum atomic E-state index is 13.4. The minimum Gasteiger partial charge on any atom is -0.496 e. The lowest BCUT2D eigenvalue weighted by Gasteiger charge is -2.41. The maximum Gasteiger partial charge on any atom is 0.268 e. The predicted molar refractivity (Wildman–Crippen MR) is 125 cm³/mol. The molecule has 2 aliphatic carbocycles. The number of H-pyrrole nitrogens is 1. The largest absolute Gasteiger partial charge is 0.496 e. The first-order valence-electron chi connectivity index (χ1n) is 12.0. The van der Waals surface area contributed by atoms with Crippen LogP contribution in [-0.4, -0.2) is 58.5 Å². The van der Waals surface area contributed by atoms with Gasteiger partial charge in [-0.05, 0) is 43.4 Å². The van der Waals surface area contributed by atoms with Gasteiger partial charge in [0.25, 0.3) is 5.91 Å². The zero-order valence-electron chi connectivity index (χ0n) is 19.7. The molecule has 5 rings (SSSR count). The number of nitriles is 1. The Kier molecular flexibility index (Phi) is 5.92. The molecule has 1 aliphatic heterocycles. The highest BCUT2D eigenvalue weighted by Gasteiger charge is 2.58. The molecule has 188 valence electrons. The van der Waals surface area contributed by atoms with E-state index >= 15 is 0 Å². The molecule has 5 N–H and O–H groups in total. The number of aliphatic hydroxyl groups is 1. The van der Waals surface area contributed by atoms with Crippen molar-refractivity contribution in [2.24, 2.45) is 17.8 Å². The average Bonchev–Trinajstić information content (AvgIpc) is 3.48. The van der Waals surface area contributed by atoms with Gasteiger partial charge in [0.2, 0.25) is 17.7 Å². The monoisotopic (exact) mass is 493 g/mol. The van der Waals surface area contributed by atoms with Gasteiger partial charge < -0.3 is 25.5 Å². The smallest absolute Gasteiger partial charge is 0.268 e. The van der Waals surface area contributed by atoms with E-state index in [9.17, 15) is 29.5 Å². The van der Waals surface area contributed by atoms with Crippen molar-refractivity contribution in [2.75, 3.05) is 7.11 Å². The highest BCUT2D eigenvalue weighted by molar-refractivity contribution is 6.06. The van der Waals surface area contributed by atoms with Crippen LogP contribution in [0.1, 0.15) is 42.6 Å². The molecule has 2 aromatic rings. The molecule has 1 aromatic carbocycles. The predicted octanol–water partition coefficient (Wildman–Crippen LogP) is 0.497. The molecule has 11 heteroatoms. The molecule has 2 heterocycles. The number of hydrogen-bond donors (Lipinski definition) is 5. The Morgan fingerprint density at radius 3 is 2.75 bits per heavy atom. The Labute approximate surface area is 206 Å². The van der Waals surface area contributed by atoms with E-state index < -0.39 is 53.1 Å². The van der Waals surface area contributed by atoms with Crippen LogP contribution in [0.5, 0.6) is 5.75 Å². The number of rotatable bonds is 7. The third kappa shape index (κ3) is 4.07. The standard InChI is InChI=1S/C25H27N5O6/c1-36-18-4-2-3-15-14(18)10-17(27-15)22(33)28-16(9-12-5-6-12)23(34)30-25(11-26)8-7-13-19(20(25)31)24(35)29-21(13)32/h2-4,10,12-13,16,19-20,27,31H,5-9H2,1H3,(H,28,33)(H,30,34)(H,29,32,35)/t13-,16?,19-,20-,25?/m0/s1. The lowest BCUT2D eigenvalue weighted by molar-refractivity contribution is -0.135. The zero-order chi connectivity index (χ0) is 25.6. The summed E-state index contributed by atoms with van der Waals surface area (Å²) in [4.78, 5) is 53.8. The second-order valence-corrected chi connectivity index (χ2v) is 9.85. The molecule has 0 spiro atoms. The van der Waals surface area contributed by atoms with Crippen LogP contribution in [0.2, 0.25) is 0 Å². The fraction of sp³-hybridized carbons (Fsp3) is 0.480. The highest BCUT2D eigenvalue weighted by Crippen LogP contribution is 2.40. The van der Waals surface area contributed by atoms with E-state index in [0.717, 1.165) is 18.2 Å². The minimum absolute atomic E-state index is 0.00415. The van der Waals surface area contributed by atoms with Gasteiger partial charge in [-0.25, -0.2) is 0 Å². The number of imide groups is 1. The van der Waals surface area contributed by atoms with Crippen molar-refractivity contribution in [1.29, 1.82) is 5.26 Å². The minimum atomic E-state index is -1.75. The Bertz CT molecular complexity index is 1290. The Hall–Kier alpha value is -3.91. The lowest BCUT2D eigenvalue weighted by atomic mass is 9.69. The molecule has 3 fully saturated rings. The topological polar surface area (TPSA) is 173 Å². The van der Waals surface area contributed by atoms with Gasteiger partial charge in [-0.1, -0.05) is 18.9 Å². The molecule has 4 amide bonds. The Balaban J connectivity index is 1.35. The molecule has 1 saturated heterocycles. The van der Waals surface area contributed by atoms with Crippen molar-refractivity contribution in [2.45, 2.75) is 49.8 Å². The summed E-state index contributed by atoms with van der Waals surface area (Å²) in [5, 5.41) is 29.2. The van der Waals surface area contributed by atoms with Gasteiger partial charge in [0.1, 0.15) is 23.6 Å². The summed E-state index contributed by atoms with van der Waals surface area (Å²) >= 11 is 0. The quantitative estimate of drug-likeness (QED) is 0.349. The average molecular weight is 494 g/mol. The van der Waals surface area contributed by atoms with Crippen molar-refractivity contribution in [3.05, 3.63) is 30.0 Å². The van der Waals surface area contributed by atoms with E-state index in [1.54, 1.807) is 24.3 Å². The summed E-state index contributed by atoms with van der Waals surface area (Å²) in [6, 6.07) is 8.05. The van der Waals surface area contributed by atoms with Crippen molar-refractivity contribution in [1.82, 2.24) is 20.9 Å². The van der Waals surface area contributed by atoms with Gasteiger partial charge in [0, 0.05) is 10.9 Å². The first kappa shape index (κ1) is 23.8. The van der Waals surface area contributed by atoms with E-state index in [0.29, 0.717) is 17.7 Å². The fourth-order valence-corrected chi connectivity index (χ4v) is 5.33. The van der Waals surface area contributed by atoms with Crippen LogP contribution in [0.4, 0.5) is 0 Å². The summed E-state index contributed by atoms with van der Waals surface area (Å²) in [6.45, 7) is 0. The van der Waals surface area contributed by atoms with Gasteiger partial charge in [-0.2, -0.15) is 5.26 Å². The number of nitrogens with one attached hydrogen (secondary N) is 4. The van der Waals surface area contributed by atoms with Gasteiger partial charge in [0.15, 0.2) is 5.54 Å². The van der Waals surface area contributed by atoms with Crippen molar-refractivity contribution < 1.29 is 29.0 Å². The number of carbonyl (C=O) groups excluding carboxylic acids is 4. The number of fused-ring (bicyclic) bond motifs is 2. The van der Waals surface area contributed by atoms with Crippen LogP contribution >= 0.6 is 0 Å². The number of ether oxygens (including phenoxy) is 1. The van der Waals surface area contributed by atoms with Crippen LogP contribution in [0.3, 0.4) is 0 Å². The first-order chi connectivity index (χ1) is 17.3. The second kappa shape index (κ2) is 8.95. The summed E-state index contributed by atoms with van der Waals surface area (Å²) in [7, 11) is 1.54. The van der Waals surface area contributed by atoms with Crippen LogP contribution in [0.25, 0.3) is 10.9 Å². The number of methoxy groups -OCH3 is 1. The second-order valence-electron chi connectivity index (χ2n) is 9.85. The van der Waals surface area contributed by atoms with Crippen molar-refractivity contribution in [3.63, 3.8) is 0 Å². The summed E-state index contributed by atoms with van der Waals surface area (Å²) < 4.78 is 5.34. The number of aromatic nitrogens is 1. The molecular formula is C25H27N5O6. The summed E-state index contributed by atoms with van der Waals surface area (Å²) in [5.41, 5.74) is -0.795. The van der Waals surface area contributed by atoms with Gasteiger partial charge >= 0.3 is 0 Å². The van der Waals surface area contributed by atoms with Crippen LogP contribution < -0.4 is 20.7 Å². The molecule has 5 atom stereocenters. The number of benzene rings is 1. The maximum absolute atomic E-state index is 13.4. The summed E-state index contributed by atoms with van der Waals surface area (Å²) in [5.74, 6) is -3.21. The fourth-order valence-electron chi connectivity index (χ4n) is 5.33. The molecule has 1 aromatic heterocycles. The number of aromatic amines is 1. The number of carbonyl (C=O) groups is 4. The van der Waals surface area contributed by atoms with Gasteiger partial charge in [-0.15, -0.1) is 0 Å². The number of nitrogens with zero attached hydrogens (tertiary/aromatic N) is 1. The van der Waals surface area contributed by atoms with E-state index in [1.165, 1.54) is 7.11 Å². The molecule has 2 unspecified atom stereocenters. The van der Waals surface area contributed by atoms with Crippen molar-refractivity contribution >= 4 is 34.5 Å². The molecule has 36 heavy (non-hydrogen) atoms. The highest BCUT2D eigenvalue weighted by atomic mass is 16.5. The van der Waals surface area contributed by atoms with Crippen LogP contribution in [0, 0.1) is 29.1 Å². The molecular weight excluding hydrogens is 466 g/mol. The third-order valence-electron chi connectivity index (χ3n) is 7.54. The summed E-state index contributed by atoms with van der Waals surface area (Å²) in [6.07, 6.45) is 0.857. The molecule has 11 nitrogen and oxygen atoms in total. The number of aliphatic hydroxyl groups excluding tert-OH is 1.